The molecule has 0 fully saturated rings. The molecule has 32 heavy (non-hydrogen) atoms. The average molecular weight is 477 g/mol. The van der Waals surface area contributed by atoms with Crippen LogP contribution < -0.4 is 20.5 Å². The Morgan fingerprint density at radius 3 is 2.62 bits per heavy atom. The van der Waals surface area contributed by atoms with Crippen LogP contribution in [0.2, 0.25) is 0 Å². The van der Waals surface area contributed by atoms with Crippen LogP contribution in [0, 0.1) is 0 Å². The summed E-state index contributed by atoms with van der Waals surface area (Å²) in [4.78, 5) is 11.1. The molecule has 172 valence electrons. The maximum atomic E-state index is 12.0. The van der Waals surface area contributed by atoms with Crippen LogP contribution in [-0.4, -0.2) is 56.6 Å². The van der Waals surface area contributed by atoms with Crippen molar-refractivity contribution in [3.05, 3.63) is 41.9 Å². The lowest BCUT2D eigenvalue weighted by atomic mass is 10.2. The Bertz CT molecular complexity index is 1140. The van der Waals surface area contributed by atoms with Crippen molar-refractivity contribution in [2.45, 2.75) is 24.8 Å². The summed E-state index contributed by atoms with van der Waals surface area (Å²) in [6.07, 6.45) is 1.53. The van der Waals surface area contributed by atoms with Gasteiger partial charge in [0, 0.05) is 30.2 Å². The summed E-state index contributed by atoms with van der Waals surface area (Å²) in [6, 6.07) is 8.63. The van der Waals surface area contributed by atoms with Gasteiger partial charge in [-0.2, -0.15) is 0 Å². The summed E-state index contributed by atoms with van der Waals surface area (Å²) in [5, 5.41) is 14.3. The lowest BCUT2D eigenvalue weighted by Gasteiger charge is -2.17. The second kappa shape index (κ2) is 10.3. The first-order valence-corrected chi connectivity index (χ1v) is 12.5. The third-order valence-electron chi connectivity index (χ3n) is 4.31. The van der Waals surface area contributed by atoms with E-state index in [1.807, 2.05) is 45.5 Å². The number of benzene rings is 1. The SMILES string of the molecule is CC(C)Oc1c(Nc2nc(-c3ccc(NCCN(C)C)nc3)cs2)cccc1S(N)(=O)=O. The number of para-hydroxylation sites is 1. The number of anilines is 3. The summed E-state index contributed by atoms with van der Waals surface area (Å²) >= 11 is 1.39. The molecule has 2 aromatic heterocycles. The number of hydrogen-bond donors (Lipinski definition) is 3. The molecule has 0 saturated carbocycles. The molecule has 4 N–H and O–H groups in total. The van der Waals surface area contributed by atoms with Gasteiger partial charge in [0.2, 0.25) is 10.0 Å². The Kier molecular flexibility index (Phi) is 7.67. The molecule has 1 aromatic carbocycles. The van der Waals surface area contributed by atoms with E-state index in [1.54, 1.807) is 18.3 Å². The topological polar surface area (TPSA) is 122 Å². The maximum absolute atomic E-state index is 12.0. The van der Waals surface area contributed by atoms with E-state index >= 15 is 0 Å². The molecule has 0 atom stereocenters. The number of nitrogens with zero attached hydrogens (tertiary/aromatic N) is 3. The molecule has 0 aliphatic rings. The van der Waals surface area contributed by atoms with Crippen LogP contribution in [0.25, 0.3) is 11.3 Å². The van der Waals surface area contributed by atoms with Crippen molar-refractivity contribution in [1.29, 1.82) is 0 Å². The molecule has 9 nitrogen and oxygen atoms in total. The number of pyridine rings is 1. The zero-order valence-electron chi connectivity index (χ0n) is 18.5. The molecule has 0 saturated heterocycles. The largest absolute Gasteiger partial charge is 0.487 e. The molecular weight excluding hydrogens is 448 g/mol. The molecule has 0 aliphatic heterocycles. The molecule has 2 heterocycles. The number of primary sulfonamides is 1. The monoisotopic (exact) mass is 476 g/mol. The van der Waals surface area contributed by atoms with Crippen molar-refractivity contribution in [1.82, 2.24) is 14.9 Å². The molecule has 0 unspecified atom stereocenters. The number of aromatic nitrogens is 2. The van der Waals surface area contributed by atoms with Crippen LogP contribution in [0.1, 0.15) is 13.8 Å². The average Bonchev–Trinajstić information content (AvgIpc) is 3.17. The predicted molar refractivity (Wildman–Crippen MR) is 129 cm³/mol. The highest BCUT2D eigenvalue weighted by Crippen LogP contribution is 2.36. The van der Waals surface area contributed by atoms with Gasteiger partial charge in [-0.25, -0.2) is 23.5 Å². The Morgan fingerprint density at radius 2 is 2.00 bits per heavy atom. The molecular formula is C21H28N6O3S2. The van der Waals surface area contributed by atoms with Crippen molar-refractivity contribution in [3.63, 3.8) is 0 Å². The number of hydrogen-bond acceptors (Lipinski definition) is 9. The van der Waals surface area contributed by atoms with E-state index in [0.717, 1.165) is 30.2 Å². The zero-order chi connectivity index (χ0) is 23.3. The summed E-state index contributed by atoms with van der Waals surface area (Å²) in [6.45, 7) is 5.36. The fraction of sp³-hybridized carbons (Fsp3) is 0.333. The van der Waals surface area contributed by atoms with E-state index in [-0.39, 0.29) is 16.7 Å². The first-order chi connectivity index (χ1) is 15.1. The number of thiazole rings is 1. The molecule has 0 spiro atoms. The number of nitrogens with two attached hydrogens (primary N) is 1. The highest BCUT2D eigenvalue weighted by molar-refractivity contribution is 7.89. The predicted octanol–water partition coefficient (Wildman–Crippen LogP) is 3.36. The number of rotatable bonds is 10. The number of likely N-dealkylation sites (N-methyl/N-ethyl adjacent to an activating group) is 1. The molecule has 0 radical (unpaired) electrons. The van der Waals surface area contributed by atoms with Crippen LogP contribution in [0.15, 0.2) is 46.8 Å². The quantitative estimate of drug-likeness (QED) is 0.407. The Balaban J connectivity index is 1.78. The van der Waals surface area contributed by atoms with Gasteiger partial charge in [0.05, 0.1) is 17.5 Å². The van der Waals surface area contributed by atoms with E-state index in [9.17, 15) is 8.42 Å². The highest BCUT2D eigenvalue weighted by atomic mass is 32.2. The van der Waals surface area contributed by atoms with Gasteiger partial charge >= 0.3 is 0 Å². The zero-order valence-corrected chi connectivity index (χ0v) is 20.1. The second-order valence-electron chi connectivity index (χ2n) is 7.67. The third-order valence-corrected chi connectivity index (χ3v) is 6.00. The van der Waals surface area contributed by atoms with Gasteiger partial charge in [0.25, 0.3) is 0 Å². The first kappa shape index (κ1) is 23.9. The van der Waals surface area contributed by atoms with Crippen LogP contribution in [0.5, 0.6) is 5.75 Å². The van der Waals surface area contributed by atoms with Crippen molar-refractivity contribution < 1.29 is 13.2 Å². The molecule has 0 amide bonds. The summed E-state index contributed by atoms with van der Waals surface area (Å²) < 4.78 is 29.8. The molecule has 0 bridgehead atoms. The van der Waals surface area contributed by atoms with Gasteiger partial charge in [-0.05, 0) is 52.2 Å². The minimum atomic E-state index is -3.95. The molecule has 11 heteroatoms. The normalized spacial score (nSPS) is 11.7. The lowest BCUT2D eigenvalue weighted by Crippen LogP contribution is -2.21. The minimum Gasteiger partial charge on any atom is -0.487 e. The van der Waals surface area contributed by atoms with Crippen molar-refractivity contribution in [3.8, 4) is 17.0 Å². The van der Waals surface area contributed by atoms with E-state index in [0.29, 0.717) is 10.8 Å². The molecule has 0 aliphatic carbocycles. The first-order valence-electron chi connectivity index (χ1n) is 10.0. The number of sulfonamides is 1. The Hall–Kier alpha value is -2.73. The summed E-state index contributed by atoms with van der Waals surface area (Å²) in [5.74, 6) is 0.982. The molecule has 3 aromatic rings. The fourth-order valence-electron chi connectivity index (χ4n) is 2.83. The Morgan fingerprint density at radius 1 is 1.22 bits per heavy atom. The highest BCUT2D eigenvalue weighted by Gasteiger charge is 2.20. The lowest BCUT2D eigenvalue weighted by molar-refractivity contribution is 0.237. The van der Waals surface area contributed by atoms with Gasteiger partial charge < -0.3 is 20.3 Å². The molecule has 3 rings (SSSR count). The van der Waals surface area contributed by atoms with Gasteiger partial charge in [0.1, 0.15) is 10.7 Å². The standard InChI is InChI=1S/C21H28N6O3S2/c1-14(2)30-20-16(6-5-7-18(20)32(22,28)29)25-21-26-17(13-31-21)15-8-9-19(24-12-15)23-10-11-27(3)4/h5-9,12-14H,10-11H2,1-4H3,(H,23,24)(H,25,26)(H2,22,28,29). The maximum Gasteiger partial charge on any atom is 0.241 e. The van der Waals surface area contributed by atoms with Gasteiger partial charge in [-0.1, -0.05) is 6.07 Å². The van der Waals surface area contributed by atoms with Crippen LogP contribution in [0.4, 0.5) is 16.6 Å². The van der Waals surface area contributed by atoms with Crippen LogP contribution in [0.3, 0.4) is 0 Å². The van der Waals surface area contributed by atoms with Gasteiger partial charge in [0.15, 0.2) is 10.9 Å². The number of nitrogens with one attached hydrogen (secondary N) is 2. The van der Waals surface area contributed by atoms with E-state index < -0.39 is 10.0 Å². The van der Waals surface area contributed by atoms with Gasteiger partial charge in [-0.3, -0.25) is 0 Å². The van der Waals surface area contributed by atoms with Gasteiger partial charge in [-0.15, -0.1) is 11.3 Å². The third kappa shape index (κ3) is 6.39. The van der Waals surface area contributed by atoms with E-state index in [1.165, 1.54) is 17.4 Å². The van der Waals surface area contributed by atoms with Crippen LogP contribution in [-0.2, 0) is 10.0 Å². The Labute approximate surface area is 192 Å². The smallest absolute Gasteiger partial charge is 0.241 e. The van der Waals surface area contributed by atoms with Crippen molar-refractivity contribution >= 4 is 38.0 Å². The minimum absolute atomic E-state index is 0.0745. The van der Waals surface area contributed by atoms with Crippen molar-refractivity contribution in [2.75, 3.05) is 37.8 Å². The second-order valence-corrected chi connectivity index (χ2v) is 10.1. The van der Waals surface area contributed by atoms with E-state index in [4.69, 9.17) is 9.88 Å². The summed E-state index contributed by atoms with van der Waals surface area (Å²) in [5.41, 5.74) is 2.12. The van der Waals surface area contributed by atoms with E-state index in [2.05, 4.69) is 25.5 Å². The van der Waals surface area contributed by atoms with Crippen LogP contribution >= 0.6 is 11.3 Å². The fourth-order valence-corrected chi connectivity index (χ4v) is 4.25. The van der Waals surface area contributed by atoms with Crippen molar-refractivity contribution in [2.24, 2.45) is 5.14 Å². The summed E-state index contributed by atoms with van der Waals surface area (Å²) in [7, 11) is 0.0997. The number of ether oxygens (including phenoxy) is 1.